The molecule has 3 aromatic carbocycles. The van der Waals surface area contributed by atoms with Gasteiger partial charge in [-0.1, -0.05) is 56.3 Å². The Bertz CT molecular complexity index is 1070. The van der Waals surface area contributed by atoms with Crippen LogP contribution >= 0.6 is 0 Å². The van der Waals surface area contributed by atoms with Crippen molar-refractivity contribution in [3.8, 4) is 5.75 Å². The van der Waals surface area contributed by atoms with Gasteiger partial charge in [0.25, 0.3) is 5.91 Å². The zero-order chi connectivity index (χ0) is 23.6. The van der Waals surface area contributed by atoms with E-state index in [9.17, 15) is 9.59 Å². The van der Waals surface area contributed by atoms with E-state index in [1.165, 1.54) is 0 Å². The molecule has 6 heteroatoms. The van der Waals surface area contributed by atoms with Crippen molar-refractivity contribution in [1.29, 1.82) is 0 Å². The normalized spacial score (nSPS) is 11.5. The lowest BCUT2D eigenvalue weighted by Crippen LogP contribution is -2.27. The SMILES string of the molecule is CC(C)COc1cccc(NCC(=O)Nc2cccc(C(=O)NC(C)c3ccccc3)c2)c1. The molecule has 0 bridgehead atoms. The van der Waals surface area contributed by atoms with Crippen molar-refractivity contribution in [2.24, 2.45) is 5.92 Å². The van der Waals surface area contributed by atoms with Gasteiger partial charge in [-0.15, -0.1) is 0 Å². The molecule has 1 atom stereocenters. The third kappa shape index (κ3) is 7.68. The third-order valence-electron chi connectivity index (χ3n) is 4.93. The van der Waals surface area contributed by atoms with Gasteiger partial charge in [-0.25, -0.2) is 0 Å². The van der Waals surface area contributed by atoms with Crippen molar-refractivity contribution < 1.29 is 14.3 Å². The number of anilines is 2. The van der Waals surface area contributed by atoms with Crippen molar-refractivity contribution in [3.05, 3.63) is 90.0 Å². The summed E-state index contributed by atoms with van der Waals surface area (Å²) in [6.45, 7) is 6.85. The Morgan fingerprint density at radius 2 is 1.58 bits per heavy atom. The van der Waals surface area contributed by atoms with Gasteiger partial charge >= 0.3 is 0 Å². The number of nitrogens with one attached hydrogen (secondary N) is 3. The van der Waals surface area contributed by atoms with Crippen LogP contribution in [0.3, 0.4) is 0 Å². The monoisotopic (exact) mass is 445 g/mol. The fourth-order valence-corrected chi connectivity index (χ4v) is 3.19. The minimum Gasteiger partial charge on any atom is -0.493 e. The summed E-state index contributed by atoms with van der Waals surface area (Å²) < 4.78 is 5.72. The van der Waals surface area contributed by atoms with Gasteiger partial charge < -0.3 is 20.7 Å². The lowest BCUT2D eigenvalue weighted by Gasteiger charge is -2.15. The number of amides is 2. The second kappa shape index (κ2) is 11.7. The minimum absolute atomic E-state index is 0.0924. The number of ether oxygens (including phenoxy) is 1. The number of carbonyl (C=O) groups excluding carboxylic acids is 2. The molecular formula is C27H31N3O3. The Balaban J connectivity index is 1.53. The van der Waals surface area contributed by atoms with Crippen LogP contribution in [0.4, 0.5) is 11.4 Å². The van der Waals surface area contributed by atoms with Crippen LogP contribution in [-0.4, -0.2) is 25.0 Å². The summed E-state index contributed by atoms with van der Waals surface area (Å²) in [5.41, 5.74) is 2.88. The summed E-state index contributed by atoms with van der Waals surface area (Å²) in [6.07, 6.45) is 0. The standard InChI is InChI=1S/C27H31N3O3/c1-19(2)18-33-25-14-8-12-23(16-25)28-17-26(31)30-24-13-7-11-22(15-24)27(32)29-20(3)21-9-5-4-6-10-21/h4-16,19-20,28H,17-18H2,1-3H3,(H,29,32)(H,30,31). The number of rotatable bonds is 10. The summed E-state index contributed by atoms with van der Waals surface area (Å²) >= 11 is 0. The molecule has 0 saturated heterocycles. The topological polar surface area (TPSA) is 79.5 Å². The largest absolute Gasteiger partial charge is 0.493 e. The van der Waals surface area contributed by atoms with Gasteiger partial charge in [-0.3, -0.25) is 9.59 Å². The van der Waals surface area contributed by atoms with Gasteiger partial charge in [0.2, 0.25) is 5.91 Å². The Morgan fingerprint density at radius 1 is 0.848 bits per heavy atom. The van der Waals surface area contributed by atoms with Crippen LogP contribution < -0.4 is 20.7 Å². The maximum absolute atomic E-state index is 12.7. The maximum Gasteiger partial charge on any atom is 0.251 e. The van der Waals surface area contributed by atoms with Gasteiger partial charge in [-0.05, 0) is 48.7 Å². The molecule has 2 amide bonds. The van der Waals surface area contributed by atoms with Crippen molar-refractivity contribution in [1.82, 2.24) is 5.32 Å². The molecule has 3 aromatic rings. The van der Waals surface area contributed by atoms with E-state index in [-0.39, 0.29) is 24.4 Å². The van der Waals surface area contributed by atoms with E-state index in [4.69, 9.17) is 4.74 Å². The molecule has 0 radical (unpaired) electrons. The summed E-state index contributed by atoms with van der Waals surface area (Å²) in [6, 6.07) is 24.1. The highest BCUT2D eigenvalue weighted by Gasteiger charge is 2.12. The van der Waals surface area contributed by atoms with Gasteiger partial charge in [0.15, 0.2) is 0 Å². The predicted octanol–water partition coefficient (Wildman–Crippen LogP) is 5.26. The molecule has 0 heterocycles. The summed E-state index contributed by atoms with van der Waals surface area (Å²) in [5, 5.41) is 8.92. The van der Waals surface area contributed by atoms with Crippen LogP contribution in [-0.2, 0) is 4.79 Å². The molecule has 3 rings (SSSR count). The molecule has 172 valence electrons. The van der Waals surface area contributed by atoms with Crippen LogP contribution in [0.25, 0.3) is 0 Å². The van der Waals surface area contributed by atoms with Crippen LogP contribution in [0.1, 0.15) is 42.7 Å². The lowest BCUT2D eigenvalue weighted by atomic mass is 10.1. The summed E-state index contributed by atoms with van der Waals surface area (Å²) in [7, 11) is 0. The highest BCUT2D eigenvalue weighted by molar-refractivity contribution is 5.98. The molecular weight excluding hydrogens is 414 g/mol. The van der Waals surface area contributed by atoms with E-state index in [2.05, 4.69) is 29.8 Å². The van der Waals surface area contributed by atoms with Crippen molar-refractivity contribution in [2.45, 2.75) is 26.8 Å². The maximum atomic E-state index is 12.7. The molecule has 0 aliphatic carbocycles. The predicted molar refractivity (Wildman–Crippen MR) is 133 cm³/mol. The second-order valence-electron chi connectivity index (χ2n) is 8.32. The molecule has 33 heavy (non-hydrogen) atoms. The Morgan fingerprint density at radius 3 is 2.33 bits per heavy atom. The smallest absolute Gasteiger partial charge is 0.251 e. The zero-order valence-corrected chi connectivity index (χ0v) is 19.3. The Kier molecular flexibility index (Phi) is 8.47. The first-order chi connectivity index (χ1) is 15.9. The molecule has 0 aliphatic heterocycles. The van der Waals surface area contributed by atoms with Gasteiger partial charge in [0.05, 0.1) is 19.2 Å². The van der Waals surface area contributed by atoms with Gasteiger partial charge in [0.1, 0.15) is 5.75 Å². The van der Waals surface area contributed by atoms with Crippen LogP contribution in [0, 0.1) is 5.92 Å². The molecule has 6 nitrogen and oxygen atoms in total. The number of carbonyl (C=O) groups is 2. The fraction of sp³-hybridized carbons (Fsp3) is 0.259. The van der Waals surface area contributed by atoms with Crippen molar-refractivity contribution in [3.63, 3.8) is 0 Å². The number of hydrogen-bond acceptors (Lipinski definition) is 4. The first-order valence-electron chi connectivity index (χ1n) is 11.1. The number of benzene rings is 3. The first-order valence-corrected chi connectivity index (χ1v) is 11.1. The minimum atomic E-state index is -0.210. The molecule has 0 aromatic heterocycles. The van der Waals surface area contributed by atoms with E-state index in [0.29, 0.717) is 23.8 Å². The lowest BCUT2D eigenvalue weighted by molar-refractivity contribution is -0.114. The van der Waals surface area contributed by atoms with Crippen LogP contribution in [0.2, 0.25) is 0 Å². The highest BCUT2D eigenvalue weighted by atomic mass is 16.5. The average molecular weight is 446 g/mol. The average Bonchev–Trinajstić information content (AvgIpc) is 2.82. The van der Waals surface area contributed by atoms with Crippen LogP contribution in [0.5, 0.6) is 5.75 Å². The van der Waals surface area contributed by atoms with Crippen molar-refractivity contribution >= 4 is 23.2 Å². The van der Waals surface area contributed by atoms with Gasteiger partial charge in [-0.2, -0.15) is 0 Å². The molecule has 1 unspecified atom stereocenters. The molecule has 0 aliphatic rings. The third-order valence-corrected chi connectivity index (χ3v) is 4.93. The quantitative estimate of drug-likeness (QED) is 0.398. The second-order valence-corrected chi connectivity index (χ2v) is 8.32. The summed E-state index contributed by atoms with van der Waals surface area (Å²) in [5.74, 6) is 0.793. The van der Waals surface area contributed by atoms with E-state index in [1.54, 1.807) is 24.3 Å². The van der Waals surface area contributed by atoms with Crippen molar-refractivity contribution in [2.75, 3.05) is 23.8 Å². The van der Waals surface area contributed by atoms with E-state index < -0.39 is 0 Å². The fourth-order valence-electron chi connectivity index (χ4n) is 3.19. The molecule has 3 N–H and O–H groups in total. The number of hydrogen-bond donors (Lipinski definition) is 3. The Labute approximate surface area is 195 Å². The molecule has 0 saturated carbocycles. The zero-order valence-electron chi connectivity index (χ0n) is 19.3. The summed E-state index contributed by atoms with van der Waals surface area (Å²) in [4.78, 5) is 25.1. The van der Waals surface area contributed by atoms with E-state index >= 15 is 0 Å². The van der Waals surface area contributed by atoms with E-state index in [1.807, 2.05) is 61.5 Å². The molecule has 0 fully saturated rings. The van der Waals surface area contributed by atoms with Gasteiger partial charge in [0, 0.05) is 23.0 Å². The van der Waals surface area contributed by atoms with E-state index in [0.717, 1.165) is 17.0 Å². The Hall–Kier alpha value is -3.80. The highest BCUT2D eigenvalue weighted by Crippen LogP contribution is 2.18. The van der Waals surface area contributed by atoms with Crippen LogP contribution in [0.15, 0.2) is 78.9 Å². The first kappa shape index (κ1) is 23.9. The molecule has 0 spiro atoms.